The van der Waals surface area contributed by atoms with Crippen LogP contribution in [0.1, 0.15) is 51.6 Å². The first-order valence-corrected chi connectivity index (χ1v) is 8.75. The molecule has 1 aliphatic carbocycles. The van der Waals surface area contributed by atoms with Crippen molar-refractivity contribution >= 4 is 0 Å². The third-order valence-corrected chi connectivity index (χ3v) is 4.45. The van der Waals surface area contributed by atoms with Crippen LogP contribution in [0.5, 0.6) is 0 Å². The van der Waals surface area contributed by atoms with Gasteiger partial charge in [0.05, 0.1) is 0 Å². The molecular formula is C19H32N2. The summed E-state index contributed by atoms with van der Waals surface area (Å²) < 4.78 is 0. The average Bonchev–Trinajstić information content (AvgIpc) is 3.29. The first-order valence-electron chi connectivity index (χ1n) is 8.75. The van der Waals surface area contributed by atoms with Crippen molar-refractivity contribution in [1.29, 1.82) is 0 Å². The minimum atomic E-state index is 0.467. The Morgan fingerprint density at radius 2 is 1.90 bits per heavy atom. The van der Waals surface area contributed by atoms with E-state index in [1.807, 2.05) is 0 Å². The molecule has 0 spiro atoms. The highest BCUT2D eigenvalue weighted by Gasteiger charge is 2.26. The third-order valence-electron chi connectivity index (χ3n) is 4.45. The average molecular weight is 288 g/mol. The van der Waals surface area contributed by atoms with Crippen LogP contribution in [0.2, 0.25) is 0 Å². The number of rotatable bonds is 10. The molecule has 0 aromatic heterocycles. The lowest BCUT2D eigenvalue weighted by Crippen LogP contribution is -2.37. The summed E-state index contributed by atoms with van der Waals surface area (Å²) in [5.41, 5.74) is 1.43. The van der Waals surface area contributed by atoms with Crippen LogP contribution in [-0.2, 0) is 0 Å². The van der Waals surface area contributed by atoms with Gasteiger partial charge in [-0.3, -0.25) is 0 Å². The predicted molar refractivity (Wildman–Crippen MR) is 91.5 cm³/mol. The van der Waals surface area contributed by atoms with Crippen molar-refractivity contribution < 1.29 is 0 Å². The largest absolute Gasteiger partial charge is 0.310 e. The summed E-state index contributed by atoms with van der Waals surface area (Å²) in [7, 11) is 0. The second-order valence-electron chi connectivity index (χ2n) is 6.63. The van der Waals surface area contributed by atoms with Gasteiger partial charge < -0.3 is 10.2 Å². The Bertz CT molecular complexity index is 386. The van der Waals surface area contributed by atoms with Crippen molar-refractivity contribution in [2.24, 2.45) is 11.8 Å². The summed E-state index contributed by atoms with van der Waals surface area (Å²) in [5, 5.41) is 3.69. The van der Waals surface area contributed by atoms with E-state index in [0.717, 1.165) is 12.5 Å². The van der Waals surface area contributed by atoms with E-state index < -0.39 is 0 Å². The monoisotopic (exact) mass is 288 g/mol. The summed E-state index contributed by atoms with van der Waals surface area (Å²) in [6.07, 6.45) is 4.16. The van der Waals surface area contributed by atoms with E-state index in [2.05, 4.69) is 61.3 Å². The predicted octanol–water partition coefficient (Wildman–Crippen LogP) is 4.10. The smallest absolute Gasteiger partial charge is 0.0358 e. The highest BCUT2D eigenvalue weighted by molar-refractivity contribution is 5.19. The standard InChI is InChI=1S/C19H32N2/c1-4-13-21(15-17-11-12-17)14-16(3)19(20-5-2)18-9-7-6-8-10-18/h6-10,16-17,19-20H,4-5,11-15H2,1-3H3. The van der Waals surface area contributed by atoms with Crippen molar-refractivity contribution in [2.45, 2.75) is 46.1 Å². The molecule has 1 fully saturated rings. The molecule has 0 amide bonds. The molecule has 2 nitrogen and oxygen atoms in total. The lowest BCUT2D eigenvalue weighted by Gasteiger charge is -2.31. The minimum Gasteiger partial charge on any atom is -0.310 e. The van der Waals surface area contributed by atoms with Gasteiger partial charge in [-0.2, -0.15) is 0 Å². The maximum absolute atomic E-state index is 3.69. The lowest BCUT2D eigenvalue weighted by atomic mass is 9.93. The summed E-state index contributed by atoms with van der Waals surface area (Å²) >= 11 is 0. The summed E-state index contributed by atoms with van der Waals surface area (Å²) in [6, 6.07) is 11.4. The van der Waals surface area contributed by atoms with Crippen LogP contribution in [0, 0.1) is 11.8 Å². The van der Waals surface area contributed by atoms with Gasteiger partial charge in [-0.25, -0.2) is 0 Å². The Kier molecular flexibility index (Phi) is 6.72. The maximum atomic E-state index is 3.69. The molecule has 2 unspecified atom stereocenters. The van der Waals surface area contributed by atoms with Gasteiger partial charge in [0.1, 0.15) is 0 Å². The molecule has 2 rings (SSSR count). The van der Waals surface area contributed by atoms with E-state index in [-0.39, 0.29) is 0 Å². The van der Waals surface area contributed by atoms with Crippen molar-refractivity contribution in [2.75, 3.05) is 26.2 Å². The van der Waals surface area contributed by atoms with Gasteiger partial charge in [0.25, 0.3) is 0 Å². The molecular weight excluding hydrogens is 256 g/mol. The van der Waals surface area contributed by atoms with E-state index in [1.54, 1.807) is 0 Å². The fourth-order valence-corrected chi connectivity index (χ4v) is 3.28. The number of nitrogens with zero attached hydrogens (tertiary/aromatic N) is 1. The highest BCUT2D eigenvalue weighted by atomic mass is 15.1. The third kappa shape index (κ3) is 5.44. The fraction of sp³-hybridized carbons (Fsp3) is 0.684. The Morgan fingerprint density at radius 1 is 1.19 bits per heavy atom. The van der Waals surface area contributed by atoms with Crippen molar-refractivity contribution in [3.8, 4) is 0 Å². The molecule has 1 N–H and O–H groups in total. The molecule has 0 saturated heterocycles. The molecule has 118 valence electrons. The van der Waals surface area contributed by atoms with E-state index >= 15 is 0 Å². The van der Waals surface area contributed by atoms with E-state index in [4.69, 9.17) is 0 Å². The fourth-order valence-electron chi connectivity index (χ4n) is 3.28. The molecule has 1 saturated carbocycles. The number of hydrogen-bond donors (Lipinski definition) is 1. The van der Waals surface area contributed by atoms with Crippen LogP contribution in [0.25, 0.3) is 0 Å². The molecule has 1 aromatic rings. The normalized spacial score (nSPS) is 17.9. The first-order chi connectivity index (χ1) is 10.2. The zero-order valence-electron chi connectivity index (χ0n) is 14.0. The number of hydrogen-bond acceptors (Lipinski definition) is 2. The molecule has 21 heavy (non-hydrogen) atoms. The topological polar surface area (TPSA) is 15.3 Å². The van der Waals surface area contributed by atoms with Crippen LogP contribution in [0.4, 0.5) is 0 Å². The Hall–Kier alpha value is -0.860. The second kappa shape index (κ2) is 8.55. The van der Waals surface area contributed by atoms with E-state index in [9.17, 15) is 0 Å². The minimum absolute atomic E-state index is 0.467. The van der Waals surface area contributed by atoms with Gasteiger partial charge in [-0.15, -0.1) is 0 Å². The molecule has 1 aliphatic rings. The van der Waals surface area contributed by atoms with Crippen molar-refractivity contribution in [3.05, 3.63) is 35.9 Å². The quantitative estimate of drug-likeness (QED) is 0.697. The zero-order valence-corrected chi connectivity index (χ0v) is 14.0. The summed E-state index contributed by atoms with van der Waals surface area (Å²) in [6.45, 7) is 11.7. The Morgan fingerprint density at radius 3 is 2.48 bits per heavy atom. The van der Waals surface area contributed by atoms with Crippen molar-refractivity contribution in [1.82, 2.24) is 10.2 Å². The van der Waals surface area contributed by atoms with Crippen LogP contribution < -0.4 is 5.32 Å². The summed E-state index contributed by atoms with van der Waals surface area (Å²) in [4.78, 5) is 2.69. The van der Waals surface area contributed by atoms with Crippen LogP contribution in [0.15, 0.2) is 30.3 Å². The molecule has 0 bridgehead atoms. The molecule has 2 atom stereocenters. The van der Waals surface area contributed by atoms with Crippen LogP contribution in [-0.4, -0.2) is 31.1 Å². The van der Waals surface area contributed by atoms with Gasteiger partial charge in [-0.1, -0.05) is 51.1 Å². The van der Waals surface area contributed by atoms with Crippen LogP contribution in [0.3, 0.4) is 0 Å². The van der Waals surface area contributed by atoms with E-state index in [0.29, 0.717) is 12.0 Å². The Balaban J connectivity index is 1.97. The lowest BCUT2D eigenvalue weighted by molar-refractivity contribution is 0.204. The van der Waals surface area contributed by atoms with E-state index in [1.165, 1.54) is 44.5 Å². The second-order valence-corrected chi connectivity index (χ2v) is 6.63. The highest BCUT2D eigenvalue weighted by Crippen LogP contribution is 2.31. The zero-order chi connectivity index (χ0) is 15.1. The molecule has 0 radical (unpaired) electrons. The van der Waals surface area contributed by atoms with Gasteiger partial charge >= 0.3 is 0 Å². The molecule has 0 heterocycles. The number of benzene rings is 1. The molecule has 0 aliphatic heterocycles. The summed E-state index contributed by atoms with van der Waals surface area (Å²) in [5.74, 6) is 1.62. The van der Waals surface area contributed by atoms with Gasteiger partial charge in [0, 0.05) is 19.1 Å². The maximum Gasteiger partial charge on any atom is 0.0358 e. The Labute approximate surface area is 130 Å². The van der Waals surface area contributed by atoms with Gasteiger partial charge in [0.2, 0.25) is 0 Å². The van der Waals surface area contributed by atoms with Crippen molar-refractivity contribution in [3.63, 3.8) is 0 Å². The molecule has 2 heteroatoms. The van der Waals surface area contributed by atoms with Crippen LogP contribution >= 0.6 is 0 Å². The van der Waals surface area contributed by atoms with Gasteiger partial charge in [0.15, 0.2) is 0 Å². The van der Waals surface area contributed by atoms with Gasteiger partial charge in [-0.05, 0) is 49.8 Å². The number of nitrogens with one attached hydrogen (secondary N) is 1. The molecule has 1 aromatic carbocycles. The SMILES string of the molecule is CCCN(CC1CC1)CC(C)C(NCC)c1ccccc1. The first kappa shape index (κ1) is 16.5.